The van der Waals surface area contributed by atoms with Crippen molar-refractivity contribution in [3.63, 3.8) is 0 Å². The number of piperidine rings is 1. The Kier molecular flexibility index (Phi) is 6.76. The number of amides is 1. The van der Waals surface area contributed by atoms with Crippen LogP contribution in [0.15, 0.2) is 24.0 Å². The number of carboxylic acid groups (broad SMARTS) is 1. The van der Waals surface area contributed by atoms with Crippen molar-refractivity contribution in [2.45, 2.75) is 68.8 Å². The van der Waals surface area contributed by atoms with E-state index in [1.807, 2.05) is 20.9 Å². The number of benzene rings is 1. The van der Waals surface area contributed by atoms with Crippen molar-refractivity contribution in [2.24, 2.45) is 0 Å². The molecule has 36 heavy (non-hydrogen) atoms. The van der Waals surface area contributed by atoms with Gasteiger partial charge in [-0.15, -0.1) is 0 Å². The zero-order chi connectivity index (χ0) is 26.4. The van der Waals surface area contributed by atoms with Gasteiger partial charge in [0.2, 0.25) is 5.91 Å². The van der Waals surface area contributed by atoms with Crippen LogP contribution in [0.2, 0.25) is 0 Å². The third-order valence-corrected chi connectivity index (χ3v) is 7.88. The highest BCUT2D eigenvalue weighted by atomic mass is 16.6. The number of rotatable bonds is 7. The highest BCUT2D eigenvalue weighted by molar-refractivity contribution is 5.83. The van der Waals surface area contributed by atoms with Gasteiger partial charge in [0.15, 0.2) is 23.7 Å². The summed E-state index contributed by atoms with van der Waals surface area (Å²) in [6, 6.07) is 3.08. The number of phenolic OH excluding ortho intramolecular Hbond substituents is 1. The van der Waals surface area contributed by atoms with Crippen LogP contribution < -0.4 is 10.1 Å². The number of aryl methyl sites for hydroxylation is 1. The summed E-state index contributed by atoms with van der Waals surface area (Å²) in [6.07, 6.45) is -1.11. The number of likely N-dealkylation sites (N-methyl/N-ethyl adjacent to an activating group) is 1. The van der Waals surface area contributed by atoms with E-state index in [9.17, 15) is 29.7 Å². The Morgan fingerprint density at radius 3 is 2.75 bits per heavy atom. The molecule has 1 aromatic carbocycles. The lowest BCUT2D eigenvalue weighted by molar-refractivity contribution is -0.161. The number of nitrogens with one attached hydrogen (secondary N) is 1. The first-order valence-electron chi connectivity index (χ1n) is 11.9. The Balaban J connectivity index is 1.55. The Bertz CT molecular complexity index is 1120. The number of aliphatic hydroxyl groups excluding tert-OH is 1. The summed E-state index contributed by atoms with van der Waals surface area (Å²) < 4.78 is 11.9. The molecule has 5 atom stereocenters. The van der Waals surface area contributed by atoms with Crippen molar-refractivity contribution in [2.75, 3.05) is 20.1 Å². The molecule has 1 spiro atoms. The maximum atomic E-state index is 12.6. The number of hydrogen-bond acceptors (Lipinski definition) is 9. The Morgan fingerprint density at radius 2 is 2.06 bits per heavy atom. The Hall–Kier alpha value is -3.15. The summed E-state index contributed by atoms with van der Waals surface area (Å²) in [5.74, 6) is -2.40. The van der Waals surface area contributed by atoms with E-state index >= 15 is 0 Å². The lowest BCUT2D eigenvalue weighted by atomic mass is 9.54. The van der Waals surface area contributed by atoms with Crippen LogP contribution >= 0.6 is 0 Å². The van der Waals surface area contributed by atoms with Crippen LogP contribution in [0.4, 0.5) is 0 Å². The number of aliphatic hydroxyl groups is 2. The number of likely N-dealkylation sites (tertiary alicyclic amines) is 1. The van der Waals surface area contributed by atoms with E-state index in [0.29, 0.717) is 13.0 Å². The molecule has 1 saturated heterocycles. The van der Waals surface area contributed by atoms with Gasteiger partial charge in [0.25, 0.3) is 0 Å². The van der Waals surface area contributed by atoms with Gasteiger partial charge in [0.1, 0.15) is 5.76 Å². The van der Waals surface area contributed by atoms with Crippen LogP contribution in [0.25, 0.3) is 0 Å². The summed E-state index contributed by atoms with van der Waals surface area (Å²) in [4.78, 5) is 37.1. The zero-order valence-electron chi connectivity index (χ0n) is 20.5. The maximum Gasteiger partial charge on any atom is 0.333 e. The Morgan fingerprint density at radius 1 is 1.33 bits per heavy atom. The molecule has 5 N–H and O–H groups in total. The normalized spacial score (nSPS) is 29.6. The number of esters is 1. The largest absolute Gasteiger partial charge is 0.504 e. The number of aliphatic carboxylic acids is 1. The maximum absolute atomic E-state index is 12.6. The van der Waals surface area contributed by atoms with Gasteiger partial charge in [0, 0.05) is 24.6 Å². The standard InChI is InChI=1S/C25H32N2O9/c1-13-4-5-15(28)21-20(13)24-9-11-27(3)14(2)25(24,34)8-6-17(22(24)36-21)35-19(31)7-10-26-18(30)12-16(29)23(32)33/h4-6,14,16,22,28-29,34H,7-12H2,1-3H3,(H,26,30)(H,32,33)/t14-,16+,22+,24+,25-/m1/s1. The predicted molar refractivity (Wildman–Crippen MR) is 125 cm³/mol. The molecular formula is C25H32N2O9. The molecule has 0 aromatic heterocycles. The number of phenols is 1. The SMILES string of the molecule is Cc1ccc(O)c2c1[C@]13CCN(C)[C@H](C)[C@]1(O)CC=C(OC(=O)CCNC(=O)C[C@H](O)C(=O)O)[C@@H]3O2. The van der Waals surface area contributed by atoms with Crippen LogP contribution in [0.5, 0.6) is 11.5 Å². The smallest absolute Gasteiger partial charge is 0.333 e. The number of nitrogens with zero attached hydrogens (tertiary/aromatic N) is 1. The van der Waals surface area contributed by atoms with Crippen molar-refractivity contribution < 1.29 is 44.3 Å². The first kappa shape index (κ1) is 25.9. The highest BCUT2D eigenvalue weighted by Gasteiger charge is 2.69. The van der Waals surface area contributed by atoms with Crippen LogP contribution in [0.3, 0.4) is 0 Å². The molecule has 1 aliphatic carbocycles. The summed E-state index contributed by atoms with van der Waals surface area (Å²) in [5, 5.41) is 43.0. The van der Waals surface area contributed by atoms with Gasteiger partial charge in [0.05, 0.1) is 23.9 Å². The van der Waals surface area contributed by atoms with E-state index in [1.165, 1.54) is 0 Å². The molecule has 1 amide bonds. The van der Waals surface area contributed by atoms with Crippen molar-refractivity contribution >= 4 is 17.8 Å². The number of carboxylic acids is 1. The summed E-state index contributed by atoms with van der Waals surface area (Å²) in [5.41, 5.74) is -0.605. The van der Waals surface area contributed by atoms with Gasteiger partial charge in [-0.2, -0.15) is 0 Å². The summed E-state index contributed by atoms with van der Waals surface area (Å²) in [6.45, 7) is 4.40. The topological polar surface area (TPSA) is 166 Å². The minimum absolute atomic E-state index is 0.0507. The van der Waals surface area contributed by atoms with Gasteiger partial charge in [-0.05, 0) is 51.6 Å². The monoisotopic (exact) mass is 504 g/mol. The molecule has 0 bridgehead atoms. The molecule has 4 rings (SSSR count). The molecule has 1 aromatic rings. The van der Waals surface area contributed by atoms with Crippen LogP contribution in [0.1, 0.15) is 43.7 Å². The predicted octanol–water partition coefficient (Wildman–Crippen LogP) is 0.327. The molecule has 11 nitrogen and oxygen atoms in total. The van der Waals surface area contributed by atoms with Crippen molar-refractivity contribution in [3.8, 4) is 11.5 Å². The van der Waals surface area contributed by atoms with Crippen molar-refractivity contribution in [3.05, 3.63) is 35.1 Å². The zero-order valence-corrected chi connectivity index (χ0v) is 20.5. The van der Waals surface area contributed by atoms with E-state index in [4.69, 9.17) is 14.6 Å². The summed E-state index contributed by atoms with van der Waals surface area (Å²) in [7, 11) is 1.94. The average molecular weight is 505 g/mol. The van der Waals surface area contributed by atoms with Gasteiger partial charge in [-0.25, -0.2) is 4.79 Å². The van der Waals surface area contributed by atoms with E-state index in [0.717, 1.165) is 11.1 Å². The second kappa shape index (κ2) is 9.38. The first-order valence-corrected chi connectivity index (χ1v) is 11.9. The minimum atomic E-state index is -1.82. The second-order valence-corrected chi connectivity index (χ2v) is 9.85. The molecule has 2 aliphatic heterocycles. The lowest BCUT2D eigenvalue weighted by Crippen LogP contribution is -2.71. The average Bonchev–Trinajstić information content (AvgIpc) is 3.19. The van der Waals surface area contributed by atoms with Crippen LogP contribution in [-0.2, 0) is 24.5 Å². The fourth-order valence-electron chi connectivity index (χ4n) is 5.83. The van der Waals surface area contributed by atoms with Gasteiger partial charge < -0.3 is 40.1 Å². The molecule has 196 valence electrons. The molecule has 3 aliphatic rings. The highest BCUT2D eigenvalue weighted by Crippen LogP contribution is 2.62. The number of carbonyl (C=O) groups is 3. The van der Waals surface area contributed by atoms with E-state index < -0.39 is 47.5 Å². The quantitative estimate of drug-likeness (QED) is 0.327. The van der Waals surface area contributed by atoms with Crippen LogP contribution in [-0.4, -0.2) is 87.2 Å². The van der Waals surface area contributed by atoms with Gasteiger partial charge in [-0.3, -0.25) is 9.59 Å². The molecular weight excluding hydrogens is 472 g/mol. The summed E-state index contributed by atoms with van der Waals surface area (Å²) >= 11 is 0. The number of hydrogen-bond donors (Lipinski definition) is 5. The third kappa shape index (κ3) is 4.00. The van der Waals surface area contributed by atoms with Gasteiger partial charge >= 0.3 is 11.9 Å². The fourth-order valence-corrected chi connectivity index (χ4v) is 5.83. The van der Waals surface area contributed by atoms with Crippen molar-refractivity contribution in [1.82, 2.24) is 10.2 Å². The number of aromatic hydroxyl groups is 1. The minimum Gasteiger partial charge on any atom is -0.504 e. The third-order valence-electron chi connectivity index (χ3n) is 7.88. The lowest BCUT2D eigenvalue weighted by Gasteiger charge is -2.58. The van der Waals surface area contributed by atoms with Crippen molar-refractivity contribution in [1.29, 1.82) is 0 Å². The van der Waals surface area contributed by atoms with E-state index in [2.05, 4.69) is 10.2 Å². The molecule has 0 saturated carbocycles. The molecule has 2 heterocycles. The number of ether oxygens (including phenoxy) is 2. The number of fused-ring (bicyclic) bond motifs is 1. The first-order chi connectivity index (χ1) is 16.9. The molecule has 0 unspecified atom stereocenters. The number of carbonyl (C=O) groups excluding carboxylic acids is 2. The molecule has 0 radical (unpaired) electrons. The van der Waals surface area contributed by atoms with E-state index in [-0.39, 0.29) is 42.7 Å². The second-order valence-electron chi connectivity index (χ2n) is 9.85. The van der Waals surface area contributed by atoms with Gasteiger partial charge in [-0.1, -0.05) is 6.07 Å². The van der Waals surface area contributed by atoms with E-state index in [1.54, 1.807) is 18.2 Å². The van der Waals surface area contributed by atoms with Crippen LogP contribution in [0, 0.1) is 6.92 Å². The Labute approximate surface area is 208 Å². The molecule has 1 fully saturated rings. The molecule has 11 heteroatoms. The fraction of sp³-hybridized carbons (Fsp3) is 0.560.